The quantitative estimate of drug-likeness (QED) is 0.808. The van der Waals surface area contributed by atoms with Crippen molar-refractivity contribution in [1.29, 1.82) is 0 Å². The van der Waals surface area contributed by atoms with Crippen LogP contribution in [0.2, 0.25) is 0 Å². The van der Waals surface area contributed by atoms with Crippen molar-refractivity contribution in [1.82, 2.24) is 10.2 Å². The number of nitrogens with zero attached hydrogens (tertiary/aromatic N) is 1. The lowest BCUT2D eigenvalue weighted by molar-refractivity contribution is -0.111. The van der Waals surface area contributed by atoms with Crippen LogP contribution < -0.4 is 10.1 Å². The molecular weight excluding hydrogens is 230 g/mol. The molecule has 2 rings (SSSR count). The highest BCUT2D eigenvalue weighted by Crippen LogP contribution is 2.18. The molecule has 1 aromatic heterocycles. The summed E-state index contributed by atoms with van der Waals surface area (Å²) in [6.07, 6.45) is 4.71. The second-order valence-electron chi connectivity index (χ2n) is 3.53. The molecule has 2 N–H and O–H groups in total. The topological polar surface area (TPSA) is 67.0 Å². The smallest absolute Gasteiger partial charge is 0.249 e. The molecule has 0 fully saturated rings. The Morgan fingerprint density at radius 1 is 1.39 bits per heavy atom. The van der Waals surface area contributed by atoms with Crippen molar-refractivity contribution in [3.8, 4) is 5.75 Å². The SMILES string of the molecule is COc1ccccc1C=CC(=O)Nc1ccn[nH]1. The maximum atomic E-state index is 11.6. The van der Waals surface area contributed by atoms with Crippen LogP contribution in [0.25, 0.3) is 6.08 Å². The van der Waals surface area contributed by atoms with Crippen LogP contribution in [0.4, 0.5) is 5.82 Å². The summed E-state index contributed by atoms with van der Waals surface area (Å²) in [4.78, 5) is 11.6. The van der Waals surface area contributed by atoms with E-state index in [0.29, 0.717) is 5.82 Å². The van der Waals surface area contributed by atoms with Crippen LogP contribution in [0, 0.1) is 0 Å². The zero-order chi connectivity index (χ0) is 12.8. The van der Waals surface area contributed by atoms with E-state index in [4.69, 9.17) is 4.74 Å². The Balaban J connectivity index is 2.04. The fraction of sp³-hybridized carbons (Fsp3) is 0.0769. The van der Waals surface area contributed by atoms with E-state index in [9.17, 15) is 4.79 Å². The third kappa shape index (κ3) is 2.98. The van der Waals surface area contributed by atoms with Crippen LogP contribution in [-0.2, 0) is 4.79 Å². The molecule has 1 aromatic carbocycles. The lowest BCUT2D eigenvalue weighted by Crippen LogP contribution is -2.07. The fourth-order valence-electron chi connectivity index (χ4n) is 1.47. The molecule has 0 aliphatic heterocycles. The molecule has 5 nitrogen and oxygen atoms in total. The van der Waals surface area contributed by atoms with E-state index < -0.39 is 0 Å². The maximum Gasteiger partial charge on any atom is 0.249 e. The molecule has 0 saturated heterocycles. The number of ether oxygens (including phenoxy) is 1. The summed E-state index contributed by atoms with van der Waals surface area (Å²) in [5.41, 5.74) is 0.847. The minimum absolute atomic E-state index is 0.231. The summed E-state index contributed by atoms with van der Waals surface area (Å²) in [7, 11) is 1.59. The third-order valence-corrected chi connectivity index (χ3v) is 2.31. The molecule has 5 heteroatoms. The monoisotopic (exact) mass is 243 g/mol. The lowest BCUT2D eigenvalue weighted by atomic mass is 10.2. The van der Waals surface area contributed by atoms with Gasteiger partial charge in [0.05, 0.1) is 13.3 Å². The van der Waals surface area contributed by atoms with E-state index in [1.54, 1.807) is 25.4 Å². The van der Waals surface area contributed by atoms with Gasteiger partial charge in [0.1, 0.15) is 11.6 Å². The highest BCUT2D eigenvalue weighted by Gasteiger charge is 2.00. The van der Waals surface area contributed by atoms with Gasteiger partial charge >= 0.3 is 0 Å². The summed E-state index contributed by atoms with van der Waals surface area (Å²) in [5, 5.41) is 9.03. The molecule has 0 radical (unpaired) electrons. The van der Waals surface area contributed by atoms with Gasteiger partial charge in [0, 0.05) is 17.7 Å². The second kappa shape index (κ2) is 5.67. The fourth-order valence-corrected chi connectivity index (χ4v) is 1.47. The number of para-hydroxylation sites is 1. The van der Waals surface area contributed by atoms with E-state index >= 15 is 0 Å². The van der Waals surface area contributed by atoms with Gasteiger partial charge in [-0.1, -0.05) is 18.2 Å². The first kappa shape index (κ1) is 11.9. The molecule has 0 aliphatic rings. The van der Waals surface area contributed by atoms with Crippen LogP contribution in [0.1, 0.15) is 5.56 Å². The van der Waals surface area contributed by atoms with Crippen molar-refractivity contribution in [3.63, 3.8) is 0 Å². The average Bonchev–Trinajstić information content (AvgIpc) is 2.89. The van der Waals surface area contributed by atoms with Gasteiger partial charge in [-0.05, 0) is 12.1 Å². The molecule has 0 aliphatic carbocycles. The van der Waals surface area contributed by atoms with Crippen LogP contribution in [0.3, 0.4) is 0 Å². The standard InChI is InChI=1S/C13H13N3O2/c1-18-11-5-3-2-4-10(11)6-7-13(17)15-12-8-9-14-16-12/h2-9H,1H3,(H2,14,15,16,17). The predicted molar refractivity (Wildman–Crippen MR) is 69.2 cm³/mol. The van der Waals surface area contributed by atoms with Gasteiger partial charge in [-0.15, -0.1) is 0 Å². The summed E-state index contributed by atoms with van der Waals surface area (Å²) in [6.45, 7) is 0. The van der Waals surface area contributed by atoms with Gasteiger partial charge in [0.15, 0.2) is 0 Å². The van der Waals surface area contributed by atoms with E-state index in [2.05, 4.69) is 15.5 Å². The van der Waals surface area contributed by atoms with Gasteiger partial charge < -0.3 is 10.1 Å². The van der Waals surface area contributed by atoms with E-state index in [1.807, 2.05) is 24.3 Å². The summed E-state index contributed by atoms with van der Waals surface area (Å²) < 4.78 is 5.18. The lowest BCUT2D eigenvalue weighted by Gasteiger charge is -2.03. The number of carbonyl (C=O) groups excluding carboxylic acids is 1. The first-order valence-corrected chi connectivity index (χ1v) is 5.41. The number of aromatic amines is 1. The number of hydrogen-bond donors (Lipinski definition) is 2. The zero-order valence-corrected chi connectivity index (χ0v) is 9.88. The molecule has 18 heavy (non-hydrogen) atoms. The van der Waals surface area contributed by atoms with Gasteiger partial charge in [-0.2, -0.15) is 5.10 Å². The van der Waals surface area contributed by atoms with Crippen molar-refractivity contribution in [2.24, 2.45) is 0 Å². The molecule has 0 saturated carbocycles. The first-order valence-electron chi connectivity index (χ1n) is 5.41. The summed E-state index contributed by atoms with van der Waals surface area (Å²) in [6, 6.07) is 9.15. The minimum atomic E-state index is -0.231. The Kier molecular flexibility index (Phi) is 3.76. The van der Waals surface area contributed by atoms with Crippen molar-refractivity contribution in [2.75, 3.05) is 12.4 Å². The molecule has 0 spiro atoms. The number of benzene rings is 1. The average molecular weight is 243 g/mol. The maximum absolute atomic E-state index is 11.6. The normalized spacial score (nSPS) is 10.5. The number of aromatic nitrogens is 2. The van der Waals surface area contributed by atoms with Gasteiger partial charge in [0.2, 0.25) is 5.91 Å². The zero-order valence-electron chi connectivity index (χ0n) is 9.88. The van der Waals surface area contributed by atoms with E-state index in [1.165, 1.54) is 6.08 Å². The van der Waals surface area contributed by atoms with Crippen molar-refractivity contribution >= 4 is 17.8 Å². The van der Waals surface area contributed by atoms with Crippen molar-refractivity contribution < 1.29 is 9.53 Å². The number of anilines is 1. The highest BCUT2D eigenvalue weighted by molar-refractivity contribution is 6.01. The van der Waals surface area contributed by atoms with Gasteiger partial charge in [0.25, 0.3) is 0 Å². The number of methoxy groups -OCH3 is 1. The summed E-state index contributed by atoms with van der Waals surface area (Å²) in [5.74, 6) is 1.05. The molecule has 2 aromatic rings. The minimum Gasteiger partial charge on any atom is -0.496 e. The Morgan fingerprint density at radius 3 is 2.94 bits per heavy atom. The number of rotatable bonds is 4. The Labute approximate surface area is 104 Å². The predicted octanol–water partition coefficient (Wildman–Crippen LogP) is 2.07. The van der Waals surface area contributed by atoms with Crippen LogP contribution >= 0.6 is 0 Å². The Bertz CT molecular complexity index is 547. The number of nitrogens with one attached hydrogen (secondary N) is 2. The van der Waals surface area contributed by atoms with E-state index in [0.717, 1.165) is 11.3 Å². The molecule has 0 bridgehead atoms. The number of hydrogen-bond acceptors (Lipinski definition) is 3. The van der Waals surface area contributed by atoms with Gasteiger partial charge in [-0.25, -0.2) is 0 Å². The van der Waals surface area contributed by atoms with Gasteiger partial charge in [-0.3, -0.25) is 9.89 Å². The molecule has 92 valence electrons. The molecule has 0 atom stereocenters. The molecule has 1 amide bonds. The van der Waals surface area contributed by atoms with Crippen LogP contribution in [0.5, 0.6) is 5.75 Å². The molecule has 0 unspecified atom stereocenters. The van der Waals surface area contributed by atoms with Crippen LogP contribution in [-0.4, -0.2) is 23.2 Å². The van der Waals surface area contributed by atoms with Crippen molar-refractivity contribution in [3.05, 3.63) is 48.2 Å². The first-order chi connectivity index (χ1) is 8.79. The summed E-state index contributed by atoms with van der Waals surface area (Å²) >= 11 is 0. The molecule has 1 heterocycles. The second-order valence-corrected chi connectivity index (χ2v) is 3.53. The van der Waals surface area contributed by atoms with Crippen molar-refractivity contribution in [2.45, 2.75) is 0 Å². The largest absolute Gasteiger partial charge is 0.496 e. The number of amides is 1. The molecular formula is C13H13N3O2. The number of H-pyrrole nitrogens is 1. The number of carbonyl (C=O) groups is 1. The Morgan fingerprint density at radius 2 is 2.22 bits per heavy atom. The highest BCUT2D eigenvalue weighted by atomic mass is 16.5. The third-order valence-electron chi connectivity index (χ3n) is 2.31. The Hall–Kier alpha value is -2.56. The van der Waals surface area contributed by atoms with Crippen LogP contribution in [0.15, 0.2) is 42.6 Å². The van der Waals surface area contributed by atoms with E-state index in [-0.39, 0.29) is 5.91 Å².